The van der Waals surface area contributed by atoms with Gasteiger partial charge in [-0.25, -0.2) is 0 Å². The minimum atomic E-state index is -1.22. The summed E-state index contributed by atoms with van der Waals surface area (Å²) in [6, 6.07) is -0.581. The van der Waals surface area contributed by atoms with Gasteiger partial charge in [-0.05, 0) is 21.0 Å². The summed E-state index contributed by atoms with van der Waals surface area (Å²) in [5.41, 5.74) is 0. The highest BCUT2D eigenvalue weighted by Crippen LogP contribution is 2.09. The molecule has 0 radical (unpaired) electrons. The zero-order valence-corrected chi connectivity index (χ0v) is 8.25. The standard InChI is InChI=1S/C8H19NO4/c1-5(11)7(9(2)3)8(13)6(12)4-10/h5-8,10-13H,4H2,1-3H3. The van der Waals surface area contributed by atoms with E-state index in [2.05, 4.69) is 0 Å². The topological polar surface area (TPSA) is 84.2 Å². The average Bonchev–Trinajstić information content (AvgIpc) is 2.01. The summed E-state index contributed by atoms with van der Waals surface area (Å²) in [7, 11) is 3.37. The molecule has 0 aromatic carbocycles. The van der Waals surface area contributed by atoms with E-state index in [0.29, 0.717) is 0 Å². The van der Waals surface area contributed by atoms with E-state index in [9.17, 15) is 10.2 Å². The van der Waals surface area contributed by atoms with Gasteiger partial charge in [0.1, 0.15) is 12.2 Å². The van der Waals surface area contributed by atoms with Crippen LogP contribution in [0.5, 0.6) is 0 Å². The van der Waals surface area contributed by atoms with Gasteiger partial charge in [0, 0.05) is 0 Å². The zero-order valence-electron chi connectivity index (χ0n) is 8.25. The quantitative estimate of drug-likeness (QED) is 0.406. The molecule has 13 heavy (non-hydrogen) atoms. The number of likely N-dealkylation sites (N-methyl/N-ethyl adjacent to an activating group) is 1. The molecule has 0 saturated heterocycles. The normalized spacial score (nSPS) is 21.2. The lowest BCUT2D eigenvalue weighted by atomic mass is 10.0. The van der Waals surface area contributed by atoms with E-state index in [4.69, 9.17) is 10.2 Å². The lowest BCUT2D eigenvalue weighted by Gasteiger charge is -2.33. The first-order chi connectivity index (χ1) is 5.91. The molecule has 4 N–H and O–H groups in total. The van der Waals surface area contributed by atoms with Gasteiger partial charge in [0.05, 0.1) is 18.8 Å². The minimum absolute atomic E-state index is 0.516. The molecular formula is C8H19NO4. The maximum Gasteiger partial charge on any atom is 0.105 e. The molecule has 0 aromatic rings. The van der Waals surface area contributed by atoms with Crippen molar-refractivity contribution in [3.8, 4) is 0 Å². The van der Waals surface area contributed by atoms with Gasteiger partial charge in [-0.2, -0.15) is 0 Å². The Labute approximate surface area is 78.2 Å². The van der Waals surface area contributed by atoms with Crippen LogP contribution in [0.2, 0.25) is 0 Å². The van der Waals surface area contributed by atoms with E-state index < -0.39 is 31.0 Å². The van der Waals surface area contributed by atoms with Crippen LogP contribution in [0.1, 0.15) is 6.92 Å². The van der Waals surface area contributed by atoms with E-state index in [0.717, 1.165) is 0 Å². The van der Waals surface area contributed by atoms with Crippen LogP contribution in [0.15, 0.2) is 0 Å². The molecule has 0 heterocycles. The largest absolute Gasteiger partial charge is 0.394 e. The third-order valence-corrected chi connectivity index (χ3v) is 2.02. The lowest BCUT2D eigenvalue weighted by molar-refractivity contribution is -0.0788. The van der Waals surface area contributed by atoms with Crippen LogP contribution in [0, 0.1) is 0 Å². The van der Waals surface area contributed by atoms with Gasteiger partial charge in [0.25, 0.3) is 0 Å². The highest BCUT2D eigenvalue weighted by molar-refractivity contribution is 4.84. The third kappa shape index (κ3) is 3.58. The first-order valence-electron chi connectivity index (χ1n) is 4.23. The molecule has 0 amide bonds. The molecule has 80 valence electrons. The van der Waals surface area contributed by atoms with E-state index in [1.165, 1.54) is 6.92 Å². The van der Waals surface area contributed by atoms with Crippen molar-refractivity contribution in [1.82, 2.24) is 4.90 Å². The molecule has 0 bridgehead atoms. The van der Waals surface area contributed by atoms with Gasteiger partial charge < -0.3 is 25.3 Å². The van der Waals surface area contributed by atoms with Gasteiger partial charge in [-0.15, -0.1) is 0 Å². The molecule has 0 spiro atoms. The molecule has 0 rings (SSSR count). The number of nitrogens with zero attached hydrogens (tertiary/aromatic N) is 1. The Morgan fingerprint density at radius 2 is 1.62 bits per heavy atom. The molecule has 0 fully saturated rings. The Balaban J connectivity index is 4.36. The Morgan fingerprint density at radius 3 is 1.85 bits per heavy atom. The van der Waals surface area contributed by atoms with Crippen LogP contribution in [-0.2, 0) is 0 Å². The fourth-order valence-corrected chi connectivity index (χ4v) is 1.36. The highest BCUT2D eigenvalue weighted by Gasteiger charge is 2.30. The number of hydrogen-bond acceptors (Lipinski definition) is 5. The Hall–Kier alpha value is -0.200. The van der Waals surface area contributed by atoms with Gasteiger partial charge in [-0.3, -0.25) is 0 Å². The second-order valence-corrected chi connectivity index (χ2v) is 3.44. The Bertz CT molecular complexity index is 132. The lowest BCUT2D eigenvalue weighted by Crippen LogP contribution is -2.52. The first kappa shape index (κ1) is 12.8. The van der Waals surface area contributed by atoms with Gasteiger partial charge in [0.2, 0.25) is 0 Å². The number of rotatable bonds is 5. The molecule has 5 nitrogen and oxygen atoms in total. The van der Waals surface area contributed by atoms with Crippen LogP contribution in [0.25, 0.3) is 0 Å². The molecule has 4 atom stereocenters. The summed E-state index contributed by atoms with van der Waals surface area (Å²) >= 11 is 0. The van der Waals surface area contributed by atoms with Crippen LogP contribution in [0.3, 0.4) is 0 Å². The van der Waals surface area contributed by atoms with Crippen molar-refractivity contribution in [1.29, 1.82) is 0 Å². The smallest absolute Gasteiger partial charge is 0.105 e. The predicted molar refractivity (Wildman–Crippen MR) is 48.3 cm³/mol. The number of aliphatic hydroxyl groups excluding tert-OH is 4. The summed E-state index contributed by atoms with van der Waals surface area (Å²) in [5.74, 6) is 0. The Morgan fingerprint density at radius 1 is 1.15 bits per heavy atom. The van der Waals surface area contributed by atoms with Gasteiger partial charge in [-0.1, -0.05) is 0 Å². The third-order valence-electron chi connectivity index (χ3n) is 2.02. The van der Waals surface area contributed by atoms with Gasteiger partial charge in [0.15, 0.2) is 0 Å². The minimum Gasteiger partial charge on any atom is -0.394 e. The fourth-order valence-electron chi connectivity index (χ4n) is 1.36. The van der Waals surface area contributed by atoms with Crippen molar-refractivity contribution in [2.45, 2.75) is 31.3 Å². The second-order valence-electron chi connectivity index (χ2n) is 3.44. The maximum atomic E-state index is 9.51. The molecule has 0 aliphatic carbocycles. The molecule has 0 saturated carbocycles. The van der Waals surface area contributed by atoms with Crippen LogP contribution >= 0.6 is 0 Å². The first-order valence-corrected chi connectivity index (χ1v) is 4.23. The summed E-state index contributed by atoms with van der Waals surface area (Å²) in [6.45, 7) is 1.01. The average molecular weight is 193 g/mol. The Kier molecular flexibility index (Phi) is 5.43. The van der Waals surface area contributed by atoms with Crippen molar-refractivity contribution in [3.63, 3.8) is 0 Å². The SMILES string of the molecule is CC(O)C(C(O)C(O)CO)N(C)C. The highest BCUT2D eigenvalue weighted by atomic mass is 16.4. The number of hydrogen-bond donors (Lipinski definition) is 4. The summed E-state index contributed by atoms with van der Waals surface area (Å²) < 4.78 is 0. The van der Waals surface area contributed by atoms with Crippen LogP contribution < -0.4 is 0 Å². The molecule has 5 heteroatoms. The van der Waals surface area contributed by atoms with Gasteiger partial charge >= 0.3 is 0 Å². The van der Waals surface area contributed by atoms with E-state index >= 15 is 0 Å². The summed E-state index contributed by atoms with van der Waals surface area (Å²) in [5, 5.41) is 36.6. The fraction of sp³-hybridized carbons (Fsp3) is 1.00. The van der Waals surface area contributed by atoms with Crippen molar-refractivity contribution in [3.05, 3.63) is 0 Å². The predicted octanol–water partition coefficient (Wildman–Crippen LogP) is -1.99. The molecule has 0 aliphatic rings. The molecule has 0 aromatic heterocycles. The number of aliphatic hydroxyl groups is 4. The molecular weight excluding hydrogens is 174 g/mol. The van der Waals surface area contributed by atoms with E-state index in [-0.39, 0.29) is 0 Å². The van der Waals surface area contributed by atoms with Crippen molar-refractivity contribution < 1.29 is 20.4 Å². The zero-order chi connectivity index (χ0) is 10.6. The summed E-state index contributed by atoms with van der Waals surface area (Å²) in [6.07, 6.45) is -3.15. The van der Waals surface area contributed by atoms with Crippen molar-refractivity contribution >= 4 is 0 Å². The van der Waals surface area contributed by atoms with Crippen LogP contribution in [-0.4, -0.2) is 70.4 Å². The van der Waals surface area contributed by atoms with Crippen LogP contribution in [0.4, 0.5) is 0 Å². The van der Waals surface area contributed by atoms with E-state index in [1.807, 2.05) is 0 Å². The van der Waals surface area contributed by atoms with E-state index in [1.54, 1.807) is 19.0 Å². The monoisotopic (exact) mass is 193 g/mol. The van der Waals surface area contributed by atoms with Crippen molar-refractivity contribution in [2.75, 3.05) is 20.7 Å². The molecule has 4 unspecified atom stereocenters. The maximum absolute atomic E-state index is 9.51. The molecule has 0 aliphatic heterocycles. The summed E-state index contributed by atoms with van der Waals surface area (Å²) in [4.78, 5) is 1.61. The van der Waals surface area contributed by atoms with Crippen molar-refractivity contribution in [2.24, 2.45) is 0 Å². The second kappa shape index (κ2) is 5.51.